The molecule has 1 saturated heterocycles. The summed E-state index contributed by atoms with van der Waals surface area (Å²) in [6.45, 7) is 14.2. The summed E-state index contributed by atoms with van der Waals surface area (Å²) in [6, 6.07) is 10.5. The number of esters is 1. The predicted molar refractivity (Wildman–Crippen MR) is 354 cm³/mol. The molecule has 28 heteroatoms. The Morgan fingerprint density at radius 2 is 1.04 bits per heavy atom. The molecule has 28 nitrogen and oxygen atoms in total. The first-order chi connectivity index (χ1) is 45.6. The Labute approximate surface area is 560 Å². The van der Waals surface area contributed by atoms with Gasteiger partial charge in [-0.1, -0.05) is 136 Å². The number of hydrogen-bond donors (Lipinski definition) is 14. The number of hydrogen-bond acceptors (Lipinski definition) is 17. The van der Waals surface area contributed by atoms with Gasteiger partial charge in [-0.05, 0) is 111 Å². The van der Waals surface area contributed by atoms with Crippen molar-refractivity contribution in [3.63, 3.8) is 0 Å². The number of primary amides is 1. The quantitative estimate of drug-likeness (QED) is 0.0373. The van der Waals surface area contributed by atoms with Gasteiger partial charge in [-0.2, -0.15) is 0 Å². The average Bonchev–Trinajstić information content (AvgIpc) is 1.63. The van der Waals surface area contributed by atoms with E-state index in [4.69, 9.17) is 15.2 Å². The van der Waals surface area contributed by atoms with Crippen LogP contribution in [0, 0.1) is 23.7 Å². The Hall–Kier alpha value is -9.02. The molecule has 1 spiro atoms. The van der Waals surface area contributed by atoms with E-state index in [2.05, 4.69) is 58.5 Å². The van der Waals surface area contributed by atoms with E-state index in [0.29, 0.717) is 24.3 Å². The number of rotatable bonds is 33. The number of aliphatic hydroxyl groups is 2. The molecule has 0 radical (unpaired) electrons. The van der Waals surface area contributed by atoms with Gasteiger partial charge in [0.1, 0.15) is 77.5 Å². The highest BCUT2D eigenvalue weighted by molar-refractivity contribution is 6.01. The highest BCUT2D eigenvalue weighted by Gasteiger charge is 2.53. The molecule has 11 amide bonds. The number of carbonyl (C=O) groups is 12. The van der Waals surface area contributed by atoms with E-state index in [9.17, 15) is 67.7 Å². The largest absolute Gasteiger partial charge is 0.458 e. The minimum absolute atomic E-state index is 0.235. The molecule has 1 aliphatic heterocycles. The summed E-state index contributed by atoms with van der Waals surface area (Å²) in [5, 5.41) is 49.8. The van der Waals surface area contributed by atoms with Crippen molar-refractivity contribution in [2.24, 2.45) is 29.4 Å². The Balaban J connectivity index is 1.25. The van der Waals surface area contributed by atoms with Gasteiger partial charge in [0.15, 0.2) is 0 Å². The molecule has 3 aromatic carbocycles. The van der Waals surface area contributed by atoms with Crippen LogP contribution in [0.1, 0.15) is 126 Å². The highest BCUT2D eigenvalue weighted by atomic mass is 16.5. The fourth-order valence-corrected chi connectivity index (χ4v) is 10.5. The van der Waals surface area contributed by atoms with E-state index in [0.717, 1.165) is 16.7 Å². The number of likely N-dealkylation sites (N-methyl/N-ethyl adjacent to an activating group) is 1. The number of aliphatic hydroxyl groups excluding tert-OH is 2. The Morgan fingerprint density at radius 1 is 0.583 bits per heavy atom. The summed E-state index contributed by atoms with van der Waals surface area (Å²) in [4.78, 5) is 166. The fraction of sp³-hybridized carbons (Fsp3) is 0.559. The molecule has 1 saturated carbocycles. The number of carbonyl (C=O) groups excluding carboxylic acids is 12. The van der Waals surface area contributed by atoms with E-state index < -0.39 is 193 Å². The number of para-hydroxylation sites is 1. The smallest absolute Gasteiger partial charge is 0.329 e. The number of amides is 11. The van der Waals surface area contributed by atoms with Gasteiger partial charge < -0.3 is 83.9 Å². The lowest BCUT2D eigenvalue weighted by atomic mass is 9.94. The number of cyclic esters (lactones) is 1. The van der Waals surface area contributed by atoms with Gasteiger partial charge in [-0.15, -0.1) is 0 Å². The molecule has 3 aromatic rings. The van der Waals surface area contributed by atoms with Gasteiger partial charge >= 0.3 is 5.97 Å². The van der Waals surface area contributed by atoms with Gasteiger partial charge in [0, 0.05) is 6.42 Å². The van der Waals surface area contributed by atoms with Crippen LogP contribution < -0.4 is 69.0 Å². The second kappa shape index (κ2) is 36.8. The zero-order valence-electron chi connectivity index (χ0n) is 56.6. The van der Waals surface area contributed by atoms with E-state index >= 15 is 0 Å². The topological polar surface area (TPSA) is 422 Å². The number of nitrogens with two attached hydrogens (primary N) is 1. The molecule has 526 valence electrons. The van der Waals surface area contributed by atoms with Crippen LogP contribution in [0.5, 0.6) is 11.5 Å². The molecular formula is C68H98N12O16. The molecular weight excluding hydrogens is 1240 g/mol. The summed E-state index contributed by atoms with van der Waals surface area (Å²) in [5.74, 6) is -11.5. The summed E-state index contributed by atoms with van der Waals surface area (Å²) < 4.78 is 11.6. The van der Waals surface area contributed by atoms with Crippen molar-refractivity contribution in [3.05, 3.63) is 84.4 Å². The van der Waals surface area contributed by atoms with Gasteiger partial charge in [-0.25, -0.2) is 4.79 Å². The fourth-order valence-electron chi connectivity index (χ4n) is 10.5. The van der Waals surface area contributed by atoms with E-state index in [1.807, 2.05) is 78.9 Å². The van der Waals surface area contributed by atoms with Gasteiger partial charge in [-0.3, -0.25) is 52.7 Å². The van der Waals surface area contributed by atoms with E-state index in [1.165, 1.54) is 13.8 Å². The third kappa shape index (κ3) is 21.8. The predicted octanol–water partition coefficient (Wildman–Crippen LogP) is 0.688. The van der Waals surface area contributed by atoms with Gasteiger partial charge in [0.05, 0.1) is 19.3 Å². The first-order valence-corrected chi connectivity index (χ1v) is 32.9. The lowest BCUT2D eigenvalue weighted by Gasteiger charge is -2.31. The zero-order valence-corrected chi connectivity index (χ0v) is 56.6. The van der Waals surface area contributed by atoms with Crippen LogP contribution >= 0.6 is 0 Å². The van der Waals surface area contributed by atoms with Crippen LogP contribution in [0.15, 0.2) is 78.9 Å². The van der Waals surface area contributed by atoms with Crippen molar-refractivity contribution < 1.29 is 77.2 Å². The van der Waals surface area contributed by atoms with E-state index in [-0.39, 0.29) is 32.1 Å². The maximum Gasteiger partial charge on any atom is 0.329 e. The molecule has 0 unspecified atom stereocenters. The van der Waals surface area contributed by atoms with Crippen molar-refractivity contribution in [3.8, 4) is 22.6 Å². The zero-order chi connectivity index (χ0) is 71.1. The van der Waals surface area contributed by atoms with Crippen LogP contribution in [-0.2, 0) is 68.7 Å². The molecule has 0 aromatic heterocycles. The van der Waals surface area contributed by atoms with Crippen LogP contribution in [0.25, 0.3) is 11.1 Å². The highest BCUT2D eigenvalue weighted by Crippen LogP contribution is 2.36. The Morgan fingerprint density at radius 3 is 1.52 bits per heavy atom. The lowest BCUT2D eigenvalue weighted by molar-refractivity contribution is -0.157. The standard InChI is InChI=1S/C68H98N12O16/c1-12-36(5)52(76-59(86)48(70-11)33-42-21-23-43(24-22-42)44-25-27-46(28-26-44)96-45-19-17-16-18-20-45)62(89)73-49(34-81)60(87)72-47(29-30-51(69)83)58(85)75-54(38(7)14-3)64(91)77-53(37(6)13-2)63(90)74-50(35-82)61(88)78-56-41(10)95-66(93)55(39(8)15-4)79-67(94)68(31-32-68)80-57(84)40(9)71-65(56)92/h16-28,36-41,47-50,52-56,70,81-82H,12-15,29-35H2,1-11H3,(H2,69,83)(H,71,92)(H,72,87)(H,73,89)(H,74,90)(H,75,85)(H,76,86)(H,77,91)(H,78,88)(H,79,94)(H,80,84)/t36-,37-,38-,39-,40-,41-,47+,48+,49-,50-,52-,53-,54+,55-,56+/m0/s1. The summed E-state index contributed by atoms with van der Waals surface area (Å²) in [5.41, 5.74) is 6.87. The van der Waals surface area contributed by atoms with Crippen molar-refractivity contribution in [1.29, 1.82) is 0 Å². The molecule has 15 N–H and O–H groups in total. The molecule has 96 heavy (non-hydrogen) atoms. The number of benzene rings is 3. The molecule has 2 fully saturated rings. The van der Waals surface area contributed by atoms with E-state index in [1.54, 1.807) is 62.4 Å². The molecule has 1 heterocycles. The number of nitrogens with one attached hydrogen (secondary N) is 11. The SMILES string of the molecule is CC[C@H](C)[C@H](NC(=O)[C@@H](Cc1ccc(-c2ccc(Oc3ccccc3)cc2)cc1)NC)C(=O)N[C@@H](CO)C(=O)N[C@H](CCC(N)=O)C(=O)N[C@@H](C(=O)N[C@H](C(=O)N[C@@H](CO)C(=O)N[C@H]1C(=O)N[C@@H](C)C(=O)NC2(CC2)C(=O)N[C@@H]([C@@H](C)CC)C(=O)O[C@H]1C)[C@@H](C)CC)[C@@H](C)CC. The third-order valence-corrected chi connectivity index (χ3v) is 18.0. The second-order valence-electron chi connectivity index (χ2n) is 25.1. The van der Waals surface area contributed by atoms with Crippen LogP contribution in [-0.4, -0.2) is 173 Å². The Kier molecular flexibility index (Phi) is 29.7. The van der Waals surface area contributed by atoms with Gasteiger partial charge in [0.2, 0.25) is 65.0 Å². The average molecular weight is 1340 g/mol. The monoisotopic (exact) mass is 1340 g/mol. The molecule has 5 rings (SSSR count). The molecule has 0 bridgehead atoms. The maximum atomic E-state index is 14.5. The summed E-state index contributed by atoms with van der Waals surface area (Å²) in [7, 11) is 1.60. The minimum Gasteiger partial charge on any atom is -0.458 e. The summed E-state index contributed by atoms with van der Waals surface area (Å²) in [6.07, 6.45) is -0.190. The molecule has 2 aliphatic rings. The number of ether oxygens (including phenoxy) is 2. The third-order valence-electron chi connectivity index (χ3n) is 18.0. The summed E-state index contributed by atoms with van der Waals surface area (Å²) >= 11 is 0. The van der Waals surface area contributed by atoms with Gasteiger partial charge in [0.25, 0.3) is 0 Å². The van der Waals surface area contributed by atoms with Crippen LogP contribution in [0.2, 0.25) is 0 Å². The second-order valence-corrected chi connectivity index (χ2v) is 25.1. The van der Waals surface area contributed by atoms with Crippen molar-refractivity contribution >= 4 is 70.9 Å². The Bertz CT molecular complexity index is 3190. The lowest BCUT2D eigenvalue weighted by Crippen LogP contribution is -2.63. The van der Waals surface area contributed by atoms with Crippen molar-refractivity contribution in [2.45, 2.75) is 199 Å². The van der Waals surface area contributed by atoms with Crippen LogP contribution in [0.4, 0.5) is 0 Å². The minimum atomic E-state index is -1.81. The first-order valence-electron chi connectivity index (χ1n) is 32.9. The molecule has 15 atom stereocenters. The first kappa shape index (κ1) is 77.7. The van der Waals surface area contributed by atoms with Crippen LogP contribution in [0.3, 0.4) is 0 Å². The van der Waals surface area contributed by atoms with Crippen molar-refractivity contribution in [2.75, 3.05) is 20.3 Å². The van der Waals surface area contributed by atoms with Crippen molar-refractivity contribution in [1.82, 2.24) is 58.5 Å². The maximum absolute atomic E-state index is 14.5. The normalized spacial score (nSPS) is 20.5. The molecule has 1 aliphatic carbocycles.